The molecule has 0 saturated heterocycles. The van der Waals surface area contributed by atoms with Gasteiger partial charge in [0, 0.05) is 0 Å². The van der Waals surface area contributed by atoms with Crippen LogP contribution in [0.2, 0.25) is 0 Å². The molecule has 0 radical (unpaired) electrons. The zero-order chi connectivity index (χ0) is 17.8. The predicted molar refractivity (Wildman–Crippen MR) is 115 cm³/mol. The lowest BCUT2D eigenvalue weighted by atomic mass is 10.1. The van der Waals surface area contributed by atoms with Crippen LogP contribution in [0.3, 0.4) is 0 Å². The summed E-state index contributed by atoms with van der Waals surface area (Å²) >= 11 is 0. The summed E-state index contributed by atoms with van der Waals surface area (Å²) in [6.07, 6.45) is 0. The van der Waals surface area contributed by atoms with Crippen LogP contribution in [-0.2, 0) is 0 Å². The first-order chi connectivity index (χ1) is 12.8. The minimum Gasteiger partial charge on any atom is -0.0622 e. The lowest BCUT2D eigenvalue weighted by molar-refractivity contribution is 1.50. The number of rotatable bonds is 4. The first-order valence-corrected chi connectivity index (χ1v) is 10.2. The minimum absolute atomic E-state index is 0.543. The Balaban J connectivity index is 1.77. The Labute approximate surface area is 156 Å². The standard InChI is InChI=1S/C25H21P/c1-20-9-8-14-25(19-20)26(23-12-6-3-7-13-23)24-17-15-22(16-18-24)21-10-4-2-5-11-21/h2-19H,1H3. The van der Waals surface area contributed by atoms with E-state index in [0.717, 1.165) is 0 Å². The molecule has 4 aromatic rings. The van der Waals surface area contributed by atoms with Gasteiger partial charge in [-0.25, -0.2) is 0 Å². The molecule has 0 fully saturated rings. The number of benzene rings is 4. The van der Waals surface area contributed by atoms with Crippen molar-refractivity contribution in [2.24, 2.45) is 0 Å². The smallest absolute Gasteiger partial charge is 0.0134 e. The number of aryl methyl sites for hydroxylation is 1. The average Bonchev–Trinajstić information content (AvgIpc) is 2.70. The van der Waals surface area contributed by atoms with Crippen molar-refractivity contribution in [1.29, 1.82) is 0 Å². The average molecular weight is 352 g/mol. The Hall–Kier alpha value is -2.69. The van der Waals surface area contributed by atoms with E-state index in [4.69, 9.17) is 0 Å². The topological polar surface area (TPSA) is 0 Å². The van der Waals surface area contributed by atoms with Crippen molar-refractivity contribution in [3.63, 3.8) is 0 Å². The number of hydrogen-bond donors (Lipinski definition) is 0. The number of hydrogen-bond acceptors (Lipinski definition) is 0. The highest BCUT2D eigenvalue weighted by Gasteiger charge is 2.16. The fourth-order valence-electron chi connectivity index (χ4n) is 3.22. The molecule has 4 aromatic carbocycles. The second-order valence-electron chi connectivity index (χ2n) is 6.42. The Bertz CT molecular complexity index is 973. The van der Waals surface area contributed by atoms with E-state index >= 15 is 0 Å². The highest BCUT2D eigenvalue weighted by Crippen LogP contribution is 2.33. The van der Waals surface area contributed by atoms with Crippen molar-refractivity contribution in [1.82, 2.24) is 0 Å². The van der Waals surface area contributed by atoms with Gasteiger partial charge in [0.25, 0.3) is 0 Å². The monoisotopic (exact) mass is 352 g/mol. The molecule has 26 heavy (non-hydrogen) atoms. The molecule has 0 aliphatic carbocycles. The molecule has 126 valence electrons. The molecule has 0 amide bonds. The van der Waals surface area contributed by atoms with Gasteiger partial charge in [-0.15, -0.1) is 0 Å². The van der Waals surface area contributed by atoms with Crippen LogP contribution in [0.5, 0.6) is 0 Å². The van der Waals surface area contributed by atoms with Crippen LogP contribution in [0.25, 0.3) is 11.1 Å². The maximum atomic E-state index is 2.32. The first kappa shape index (κ1) is 16.8. The maximum absolute atomic E-state index is 2.32. The van der Waals surface area contributed by atoms with Gasteiger partial charge >= 0.3 is 0 Å². The van der Waals surface area contributed by atoms with E-state index < -0.39 is 7.92 Å². The third kappa shape index (κ3) is 3.62. The Morgan fingerprint density at radius 3 is 1.65 bits per heavy atom. The fourth-order valence-corrected chi connectivity index (χ4v) is 5.60. The third-order valence-electron chi connectivity index (χ3n) is 4.51. The quantitative estimate of drug-likeness (QED) is 0.430. The van der Waals surface area contributed by atoms with Gasteiger partial charge in [0.15, 0.2) is 0 Å². The summed E-state index contributed by atoms with van der Waals surface area (Å²) in [6, 6.07) is 39.4. The van der Waals surface area contributed by atoms with Gasteiger partial charge in [0.05, 0.1) is 0 Å². The first-order valence-electron chi connectivity index (χ1n) is 8.88. The molecular formula is C25H21P. The van der Waals surface area contributed by atoms with E-state index in [9.17, 15) is 0 Å². The van der Waals surface area contributed by atoms with E-state index in [-0.39, 0.29) is 0 Å². The van der Waals surface area contributed by atoms with Gasteiger partial charge in [0.2, 0.25) is 0 Å². The van der Waals surface area contributed by atoms with E-state index in [0.29, 0.717) is 0 Å². The third-order valence-corrected chi connectivity index (χ3v) is 6.93. The molecule has 0 bridgehead atoms. The van der Waals surface area contributed by atoms with Gasteiger partial charge < -0.3 is 0 Å². The SMILES string of the molecule is Cc1cccc(P(c2ccccc2)c2ccc(-c3ccccc3)cc2)c1. The molecule has 1 heteroatoms. The zero-order valence-corrected chi connectivity index (χ0v) is 15.7. The van der Waals surface area contributed by atoms with Gasteiger partial charge in [-0.05, 0) is 41.9 Å². The highest BCUT2D eigenvalue weighted by molar-refractivity contribution is 7.79. The molecule has 1 unspecified atom stereocenters. The summed E-state index contributed by atoms with van der Waals surface area (Å²) in [6.45, 7) is 2.17. The molecule has 0 N–H and O–H groups in total. The van der Waals surface area contributed by atoms with Gasteiger partial charge in [-0.2, -0.15) is 0 Å². The fraction of sp³-hybridized carbons (Fsp3) is 0.0400. The molecular weight excluding hydrogens is 331 g/mol. The van der Waals surface area contributed by atoms with Crippen molar-refractivity contribution in [3.8, 4) is 11.1 Å². The molecule has 0 spiro atoms. The molecule has 4 rings (SSSR count). The summed E-state index contributed by atoms with van der Waals surface area (Å²) in [5, 5.41) is 4.18. The molecule has 0 nitrogen and oxygen atoms in total. The largest absolute Gasteiger partial charge is 0.0622 e. The van der Waals surface area contributed by atoms with E-state index in [2.05, 4.69) is 116 Å². The molecule has 0 saturated carbocycles. The van der Waals surface area contributed by atoms with E-state index in [1.807, 2.05) is 0 Å². The molecule has 0 aliphatic heterocycles. The van der Waals surface area contributed by atoms with Crippen LogP contribution in [0.15, 0.2) is 109 Å². The van der Waals surface area contributed by atoms with Gasteiger partial charge in [-0.3, -0.25) is 0 Å². The maximum Gasteiger partial charge on any atom is -0.0134 e. The van der Waals surface area contributed by atoms with Crippen molar-refractivity contribution in [2.75, 3.05) is 0 Å². The second kappa shape index (κ2) is 7.68. The lowest BCUT2D eigenvalue weighted by Crippen LogP contribution is -2.20. The molecule has 0 aliphatic rings. The van der Waals surface area contributed by atoms with Crippen LogP contribution in [0.4, 0.5) is 0 Å². The van der Waals surface area contributed by atoms with Crippen LogP contribution in [-0.4, -0.2) is 0 Å². The summed E-state index contributed by atoms with van der Waals surface area (Å²) in [4.78, 5) is 0. The van der Waals surface area contributed by atoms with Gasteiger partial charge in [0.1, 0.15) is 0 Å². The van der Waals surface area contributed by atoms with Crippen molar-refractivity contribution in [2.45, 2.75) is 6.92 Å². The molecule has 0 heterocycles. The Morgan fingerprint density at radius 1 is 0.462 bits per heavy atom. The van der Waals surface area contributed by atoms with Crippen LogP contribution >= 0.6 is 7.92 Å². The molecule has 1 atom stereocenters. The van der Waals surface area contributed by atoms with Crippen molar-refractivity contribution >= 4 is 23.8 Å². The molecule has 0 aromatic heterocycles. The van der Waals surface area contributed by atoms with Crippen LogP contribution < -0.4 is 15.9 Å². The minimum atomic E-state index is -0.543. The van der Waals surface area contributed by atoms with E-state index in [1.165, 1.54) is 32.6 Å². The predicted octanol–water partition coefficient (Wildman–Crippen LogP) is 5.42. The summed E-state index contributed by atoms with van der Waals surface area (Å²) in [5.41, 5.74) is 3.84. The highest BCUT2D eigenvalue weighted by atomic mass is 31.1. The second-order valence-corrected chi connectivity index (χ2v) is 8.64. The summed E-state index contributed by atoms with van der Waals surface area (Å²) in [5.74, 6) is 0. The summed E-state index contributed by atoms with van der Waals surface area (Å²) in [7, 11) is -0.543. The summed E-state index contributed by atoms with van der Waals surface area (Å²) < 4.78 is 0. The van der Waals surface area contributed by atoms with Crippen LogP contribution in [0.1, 0.15) is 5.56 Å². The normalized spacial score (nSPS) is 11.9. The van der Waals surface area contributed by atoms with Crippen LogP contribution in [0, 0.1) is 6.92 Å². The Kier molecular flexibility index (Phi) is 4.95. The Morgan fingerprint density at radius 2 is 1.00 bits per heavy atom. The van der Waals surface area contributed by atoms with E-state index in [1.54, 1.807) is 0 Å². The zero-order valence-electron chi connectivity index (χ0n) is 14.8. The lowest BCUT2D eigenvalue weighted by Gasteiger charge is -2.20. The van der Waals surface area contributed by atoms with Crippen molar-refractivity contribution < 1.29 is 0 Å². The van der Waals surface area contributed by atoms with Gasteiger partial charge in [-0.1, -0.05) is 115 Å². The van der Waals surface area contributed by atoms with Crippen molar-refractivity contribution in [3.05, 3.63) is 115 Å².